The molecule has 0 amide bonds. The zero-order chi connectivity index (χ0) is 16.4. The monoisotopic (exact) mass is 314 g/mol. The van der Waals surface area contributed by atoms with Crippen LogP contribution in [0.3, 0.4) is 0 Å². The number of rotatable bonds is 3. The van der Waals surface area contributed by atoms with E-state index in [1.54, 1.807) is 0 Å². The maximum Gasteiger partial charge on any atom is 0.0991 e. The van der Waals surface area contributed by atoms with Gasteiger partial charge in [0, 0.05) is 5.56 Å². The summed E-state index contributed by atoms with van der Waals surface area (Å²) in [5.74, 6) is 0. The van der Waals surface area contributed by atoms with Crippen molar-refractivity contribution in [2.45, 2.75) is 32.2 Å². The molecular weight excluding hydrogens is 296 g/mol. The minimum absolute atomic E-state index is 0.613. The van der Waals surface area contributed by atoms with Crippen LogP contribution in [0, 0.1) is 11.3 Å². The molecule has 4 nitrogen and oxygen atoms in total. The summed E-state index contributed by atoms with van der Waals surface area (Å²) >= 11 is 0. The highest BCUT2D eigenvalue weighted by atomic mass is 15.4. The molecule has 1 aliphatic carbocycles. The fourth-order valence-corrected chi connectivity index (χ4v) is 3.40. The van der Waals surface area contributed by atoms with E-state index in [1.807, 2.05) is 35.1 Å². The number of nitrogens with zero attached hydrogens (tertiary/aromatic N) is 4. The van der Waals surface area contributed by atoms with Gasteiger partial charge in [-0.05, 0) is 60.6 Å². The third-order valence-electron chi connectivity index (χ3n) is 4.65. The van der Waals surface area contributed by atoms with Gasteiger partial charge in [-0.3, -0.25) is 0 Å². The minimum Gasteiger partial charge on any atom is -0.240 e. The summed E-state index contributed by atoms with van der Waals surface area (Å²) in [5, 5.41) is 17.4. The Bertz CT molecular complexity index is 917. The first-order valence-electron chi connectivity index (χ1n) is 8.33. The second-order valence-electron chi connectivity index (χ2n) is 6.28. The van der Waals surface area contributed by atoms with Crippen LogP contribution in [-0.4, -0.2) is 15.0 Å². The predicted octanol–water partition coefficient (Wildman–Crippen LogP) is 3.74. The van der Waals surface area contributed by atoms with E-state index in [0.29, 0.717) is 12.1 Å². The lowest BCUT2D eigenvalue weighted by Crippen LogP contribution is -2.06. The molecule has 0 saturated carbocycles. The van der Waals surface area contributed by atoms with E-state index >= 15 is 0 Å². The Balaban J connectivity index is 1.66. The maximum atomic E-state index is 9.05. The van der Waals surface area contributed by atoms with Crippen molar-refractivity contribution >= 4 is 0 Å². The summed E-state index contributed by atoms with van der Waals surface area (Å²) in [5.41, 5.74) is 6.84. The van der Waals surface area contributed by atoms with Gasteiger partial charge in [0.05, 0.1) is 30.1 Å². The Kier molecular flexibility index (Phi) is 3.84. The molecule has 0 unspecified atom stereocenters. The third kappa shape index (κ3) is 2.81. The van der Waals surface area contributed by atoms with Gasteiger partial charge in [0.2, 0.25) is 0 Å². The summed E-state index contributed by atoms with van der Waals surface area (Å²) in [7, 11) is 0. The van der Waals surface area contributed by atoms with Crippen molar-refractivity contribution in [3.63, 3.8) is 0 Å². The first-order chi connectivity index (χ1) is 11.8. The normalized spacial score (nSPS) is 13.3. The van der Waals surface area contributed by atoms with Crippen LogP contribution in [0.25, 0.3) is 11.3 Å². The standard InChI is InChI=1S/C20H18N4/c21-12-15-4-3-5-16(10-15)14-24-20(13-22-23-24)19-9-8-17-6-1-2-7-18(17)11-19/h3-5,8-11,13H,1-2,6-7,14H2. The fraction of sp³-hybridized carbons (Fsp3) is 0.250. The second-order valence-corrected chi connectivity index (χ2v) is 6.28. The summed E-state index contributed by atoms with van der Waals surface area (Å²) in [6.45, 7) is 0.613. The van der Waals surface area contributed by atoms with E-state index in [2.05, 4.69) is 34.6 Å². The molecule has 1 aliphatic rings. The van der Waals surface area contributed by atoms with Crippen molar-refractivity contribution in [1.29, 1.82) is 5.26 Å². The molecule has 1 heterocycles. The lowest BCUT2D eigenvalue weighted by Gasteiger charge is -2.16. The van der Waals surface area contributed by atoms with Crippen LogP contribution in [0.4, 0.5) is 0 Å². The summed E-state index contributed by atoms with van der Waals surface area (Å²) in [6, 6.07) is 16.5. The number of aromatic nitrogens is 3. The SMILES string of the molecule is N#Cc1cccc(Cn2nncc2-c2ccc3c(c2)CCCC3)c1. The topological polar surface area (TPSA) is 54.5 Å². The first kappa shape index (κ1) is 14.6. The average Bonchev–Trinajstić information content (AvgIpc) is 3.09. The Morgan fingerprint density at radius 1 is 1.04 bits per heavy atom. The predicted molar refractivity (Wildman–Crippen MR) is 92.4 cm³/mol. The number of hydrogen-bond acceptors (Lipinski definition) is 3. The molecule has 0 atom stereocenters. The highest BCUT2D eigenvalue weighted by Crippen LogP contribution is 2.27. The molecule has 0 radical (unpaired) electrons. The van der Waals surface area contributed by atoms with Gasteiger partial charge in [0.25, 0.3) is 0 Å². The summed E-state index contributed by atoms with van der Waals surface area (Å²) < 4.78 is 1.90. The van der Waals surface area contributed by atoms with Crippen molar-refractivity contribution in [3.8, 4) is 17.3 Å². The van der Waals surface area contributed by atoms with Crippen molar-refractivity contribution in [2.24, 2.45) is 0 Å². The lowest BCUT2D eigenvalue weighted by atomic mass is 9.90. The number of aryl methyl sites for hydroxylation is 2. The Morgan fingerprint density at radius 3 is 2.79 bits per heavy atom. The highest BCUT2D eigenvalue weighted by Gasteiger charge is 2.13. The van der Waals surface area contributed by atoms with Crippen molar-refractivity contribution in [2.75, 3.05) is 0 Å². The molecule has 2 aromatic carbocycles. The maximum absolute atomic E-state index is 9.05. The van der Waals surface area contributed by atoms with Gasteiger partial charge in [-0.15, -0.1) is 5.10 Å². The van der Waals surface area contributed by atoms with Gasteiger partial charge in [-0.25, -0.2) is 4.68 Å². The van der Waals surface area contributed by atoms with Gasteiger partial charge in [0.1, 0.15) is 0 Å². The molecule has 3 aromatic rings. The van der Waals surface area contributed by atoms with Crippen LogP contribution >= 0.6 is 0 Å². The van der Waals surface area contributed by atoms with Crippen LogP contribution in [0.1, 0.15) is 35.1 Å². The van der Waals surface area contributed by atoms with E-state index in [1.165, 1.54) is 30.4 Å². The molecule has 0 bridgehead atoms. The van der Waals surface area contributed by atoms with Gasteiger partial charge in [0.15, 0.2) is 0 Å². The van der Waals surface area contributed by atoms with Crippen molar-refractivity contribution < 1.29 is 0 Å². The number of nitriles is 1. The summed E-state index contributed by atoms with van der Waals surface area (Å²) in [4.78, 5) is 0. The summed E-state index contributed by atoms with van der Waals surface area (Å²) in [6.07, 6.45) is 6.73. The largest absolute Gasteiger partial charge is 0.240 e. The van der Waals surface area contributed by atoms with Gasteiger partial charge >= 0.3 is 0 Å². The molecule has 4 heteroatoms. The smallest absolute Gasteiger partial charge is 0.0991 e. The molecule has 4 rings (SSSR count). The van der Waals surface area contributed by atoms with E-state index in [4.69, 9.17) is 5.26 Å². The number of benzene rings is 2. The quantitative estimate of drug-likeness (QED) is 0.740. The second kappa shape index (κ2) is 6.29. The molecule has 0 fully saturated rings. The third-order valence-corrected chi connectivity index (χ3v) is 4.65. The van der Waals surface area contributed by atoms with Gasteiger partial charge < -0.3 is 0 Å². The van der Waals surface area contributed by atoms with Crippen LogP contribution < -0.4 is 0 Å². The number of hydrogen-bond donors (Lipinski definition) is 0. The van der Waals surface area contributed by atoms with E-state index in [-0.39, 0.29) is 0 Å². The van der Waals surface area contributed by atoms with Crippen LogP contribution in [0.2, 0.25) is 0 Å². The molecule has 1 aromatic heterocycles. The van der Waals surface area contributed by atoms with Gasteiger partial charge in [-0.1, -0.05) is 29.5 Å². The Labute approximate surface area is 141 Å². The van der Waals surface area contributed by atoms with E-state index in [0.717, 1.165) is 23.2 Å². The minimum atomic E-state index is 0.613. The average molecular weight is 314 g/mol. The first-order valence-corrected chi connectivity index (χ1v) is 8.33. The highest BCUT2D eigenvalue weighted by molar-refractivity contribution is 5.61. The van der Waals surface area contributed by atoms with Crippen LogP contribution in [0.15, 0.2) is 48.7 Å². The van der Waals surface area contributed by atoms with E-state index < -0.39 is 0 Å². The van der Waals surface area contributed by atoms with Crippen molar-refractivity contribution in [1.82, 2.24) is 15.0 Å². The molecular formula is C20H18N4. The lowest BCUT2D eigenvalue weighted by molar-refractivity contribution is 0.655. The van der Waals surface area contributed by atoms with E-state index in [9.17, 15) is 0 Å². The number of fused-ring (bicyclic) bond motifs is 1. The molecule has 0 saturated heterocycles. The zero-order valence-corrected chi connectivity index (χ0v) is 13.4. The Hall–Kier alpha value is -2.93. The molecule has 118 valence electrons. The molecule has 0 spiro atoms. The fourth-order valence-electron chi connectivity index (χ4n) is 3.40. The van der Waals surface area contributed by atoms with Gasteiger partial charge in [-0.2, -0.15) is 5.26 Å². The zero-order valence-electron chi connectivity index (χ0n) is 13.4. The molecule has 0 N–H and O–H groups in total. The van der Waals surface area contributed by atoms with Crippen LogP contribution in [-0.2, 0) is 19.4 Å². The molecule has 0 aliphatic heterocycles. The molecule has 24 heavy (non-hydrogen) atoms. The Morgan fingerprint density at radius 2 is 1.92 bits per heavy atom. The van der Waals surface area contributed by atoms with Crippen molar-refractivity contribution in [3.05, 3.63) is 70.9 Å². The van der Waals surface area contributed by atoms with Crippen LogP contribution in [0.5, 0.6) is 0 Å².